The normalized spacial score (nSPS) is 11.9. The Balaban J connectivity index is 2.83. The molecule has 1 heterocycles. The molecular formula is C11H14ClF4N3O. The summed E-state index contributed by atoms with van der Waals surface area (Å²) in [4.78, 5) is 11.7. The maximum atomic E-state index is 12.8. The molecule has 4 nitrogen and oxygen atoms in total. The molecule has 1 aromatic heterocycles. The van der Waals surface area contributed by atoms with Crippen molar-refractivity contribution in [1.82, 2.24) is 9.78 Å². The van der Waals surface area contributed by atoms with Crippen molar-refractivity contribution in [2.75, 3.05) is 11.9 Å². The van der Waals surface area contributed by atoms with E-state index in [2.05, 4.69) is 5.10 Å². The number of anilines is 1. The number of aryl methyl sites for hydroxylation is 1. The van der Waals surface area contributed by atoms with Crippen LogP contribution in [0.5, 0.6) is 0 Å². The van der Waals surface area contributed by atoms with Gasteiger partial charge in [0.05, 0.1) is 18.4 Å². The first-order chi connectivity index (χ1) is 9.29. The Bertz CT molecular complexity index is 507. The number of hydrogen-bond acceptors (Lipinski definition) is 3. The lowest BCUT2D eigenvalue weighted by Crippen LogP contribution is -2.35. The van der Waals surface area contributed by atoms with Crippen LogP contribution in [0.4, 0.5) is 23.2 Å². The molecular weight excluding hydrogens is 302 g/mol. The highest BCUT2D eigenvalue weighted by Crippen LogP contribution is 2.24. The van der Waals surface area contributed by atoms with Gasteiger partial charge in [-0.1, -0.05) is 24.9 Å². The molecule has 0 radical (unpaired) electrons. The van der Waals surface area contributed by atoms with Crippen LogP contribution in [0.2, 0.25) is 5.02 Å². The average molecular weight is 316 g/mol. The maximum Gasteiger partial charge on any atom is 0.324 e. The van der Waals surface area contributed by atoms with E-state index < -0.39 is 24.5 Å². The predicted octanol–water partition coefficient (Wildman–Crippen LogP) is 3.01. The van der Waals surface area contributed by atoms with Gasteiger partial charge >= 0.3 is 12.3 Å². The number of aromatic nitrogens is 2. The summed E-state index contributed by atoms with van der Waals surface area (Å²) in [6.45, 7) is 0.946. The smallest absolute Gasteiger partial charge is 0.324 e. The lowest BCUT2D eigenvalue weighted by Gasteiger charge is -2.17. The van der Waals surface area contributed by atoms with Gasteiger partial charge in [0.25, 0.3) is 5.56 Å². The summed E-state index contributed by atoms with van der Waals surface area (Å²) in [5.41, 5.74) is -0.838. The van der Waals surface area contributed by atoms with Crippen LogP contribution in [0.15, 0.2) is 11.0 Å². The first-order valence-corrected chi connectivity index (χ1v) is 6.33. The van der Waals surface area contributed by atoms with E-state index in [1.54, 1.807) is 0 Å². The summed E-state index contributed by atoms with van der Waals surface area (Å²) < 4.78 is 50.6. The summed E-state index contributed by atoms with van der Waals surface area (Å²) in [6.07, 6.45) is -1.18. The Kier molecular flexibility index (Phi) is 5.79. The molecule has 9 heteroatoms. The zero-order valence-electron chi connectivity index (χ0n) is 10.7. The number of alkyl halides is 4. The molecule has 1 N–H and O–H groups in total. The molecule has 1 aromatic rings. The van der Waals surface area contributed by atoms with Crippen molar-refractivity contribution < 1.29 is 17.6 Å². The van der Waals surface area contributed by atoms with Gasteiger partial charge in [0.15, 0.2) is 0 Å². The van der Waals surface area contributed by atoms with Gasteiger partial charge in [-0.15, -0.1) is 0 Å². The Morgan fingerprint density at radius 2 is 2.15 bits per heavy atom. The quantitative estimate of drug-likeness (QED) is 0.787. The maximum absolute atomic E-state index is 12.8. The van der Waals surface area contributed by atoms with Crippen molar-refractivity contribution >= 4 is 17.3 Å². The average Bonchev–Trinajstić information content (AvgIpc) is 2.39. The second-order valence-corrected chi connectivity index (χ2v) is 4.55. The van der Waals surface area contributed by atoms with Gasteiger partial charge in [-0.3, -0.25) is 4.79 Å². The molecule has 20 heavy (non-hydrogen) atoms. The number of halogens is 5. The number of nitrogens with zero attached hydrogens (tertiary/aromatic N) is 2. The second kappa shape index (κ2) is 6.92. The van der Waals surface area contributed by atoms with E-state index in [0.29, 0.717) is 13.0 Å². The van der Waals surface area contributed by atoms with Gasteiger partial charge in [0.1, 0.15) is 5.02 Å². The Hall–Kier alpha value is -1.31. The highest BCUT2D eigenvalue weighted by Gasteiger charge is 2.40. The Morgan fingerprint density at radius 3 is 2.70 bits per heavy atom. The molecule has 0 amide bonds. The van der Waals surface area contributed by atoms with E-state index in [0.717, 1.165) is 17.3 Å². The molecule has 0 aliphatic carbocycles. The molecule has 0 fully saturated rings. The molecule has 0 aliphatic rings. The molecule has 0 atom stereocenters. The standard InChI is InChI=1S/C11H14ClF4N3O/c1-2-3-4-19-9(20)8(12)7(5-18-19)17-6-11(15,16)10(13)14/h5,10,17H,2-4,6H2,1H3. The van der Waals surface area contributed by atoms with Crippen LogP contribution in [0.1, 0.15) is 19.8 Å². The van der Waals surface area contributed by atoms with E-state index in [-0.39, 0.29) is 10.7 Å². The minimum Gasteiger partial charge on any atom is -0.376 e. The van der Waals surface area contributed by atoms with Crippen molar-refractivity contribution in [1.29, 1.82) is 0 Å². The van der Waals surface area contributed by atoms with Crippen molar-refractivity contribution in [2.24, 2.45) is 0 Å². The van der Waals surface area contributed by atoms with Gasteiger partial charge in [-0.25, -0.2) is 13.5 Å². The molecule has 0 aromatic carbocycles. The third-order valence-corrected chi connectivity index (χ3v) is 2.91. The molecule has 114 valence electrons. The van der Waals surface area contributed by atoms with Crippen LogP contribution >= 0.6 is 11.6 Å². The molecule has 0 aliphatic heterocycles. The number of unbranched alkanes of at least 4 members (excludes halogenated alkanes) is 1. The lowest BCUT2D eigenvalue weighted by atomic mass is 10.3. The molecule has 0 bridgehead atoms. The van der Waals surface area contributed by atoms with E-state index >= 15 is 0 Å². The van der Waals surface area contributed by atoms with Crippen molar-refractivity contribution in [2.45, 2.75) is 38.7 Å². The fraction of sp³-hybridized carbons (Fsp3) is 0.636. The van der Waals surface area contributed by atoms with Gasteiger partial charge in [-0.2, -0.15) is 13.9 Å². The predicted molar refractivity (Wildman–Crippen MR) is 67.9 cm³/mol. The number of rotatable bonds is 7. The van der Waals surface area contributed by atoms with Gasteiger partial charge in [0.2, 0.25) is 0 Å². The number of hydrogen-bond donors (Lipinski definition) is 1. The third-order valence-electron chi connectivity index (χ3n) is 2.54. The largest absolute Gasteiger partial charge is 0.376 e. The summed E-state index contributed by atoms with van der Waals surface area (Å²) in [7, 11) is 0. The molecule has 0 unspecified atom stereocenters. The topological polar surface area (TPSA) is 46.9 Å². The zero-order valence-corrected chi connectivity index (χ0v) is 11.4. The van der Waals surface area contributed by atoms with E-state index in [1.165, 1.54) is 0 Å². The zero-order chi connectivity index (χ0) is 15.3. The van der Waals surface area contributed by atoms with Crippen LogP contribution < -0.4 is 10.9 Å². The SMILES string of the molecule is CCCCn1ncc(NCC(F)(F)C(F)F)c(Cl)c1=O. The third kappa shape index (κ3) is 4.09. The summed E-state index contributed by atoms with van der Waals surface area (Å²) in [6, 6.07) is 0. The van der Waals surface area contributed by atoms with Crippen molar-refractivity contribution in [3.8, 4) is 0 Å². The van der Waals surface area contributed by atoms with E-state index in [1.807, 2.05) is 12.2 Å². The first-order valence-electron chi connectivity index (χ1n) is 5.95. The molecule has 0 spiro atoms. The fourth-order valence-electron chi connectivity index (χ4n) is 1.35. The van der Waals surface area contributed by atoms with Gasteiger partial charge < -0.3 is 5.32 Å². The Labute approximate surface area is 117 Å². The van der Waals surface area contributed by atoms with Crippen LogP contribution in [0.3, 0.4) is 0 Å². The summed E-state index contributed by atoms with van der Waals surface area (Å²) in [5.74, 6) is -4.21. The van der Waals surface area contributed by atoms with Crippen LogP contribution in [-0.2, 0) is 6.54 Å². The molecule has 0 saturated carbocycles. The first kappa shape index (κ1) is 16.7. The minimum absolute atomic E-state index is 0.190. The van der Waals surface area contributed by atoms with Crippen LogP contribution in [0, 0.1) is 0 Å². The summed E-state index contributed by atoms with van der Waals surface area (Å²) in [5, 5.41) is 5.42. The van der Waals surface area contributed by atoms with Gasteiger partial charge in [-0.05, 0) is 6.42 Å². The van der Waals surface area contributed by atoms with Crippen LogP contribution in [-0.4, -0.2) is 28.7 Å². The monoisotopic (exact) mass is 315 g/mol. The minimum atomic E-state index is -4.21. The van der Waals surface area contributed by atoms with Crippen LogP contribution in [0.25, 0.3) is 0 Å². The fourth-order valence-corrected chi connectivity index (χ4v) is 1.56. The second-order valence-electron chi connectivity index (χ2n) is 4.17. The molecule has 1 rings (SSSR count). The lowest BCUT2D eigenvalue weighted by molar-refractivity contribution is -0.117. The Morgan fingerprint density at radius 1 is 1.50 bits per heavy atom. The highest BCUT2D eigenvalue weighted by molar-refractivity contribution is 6.32. The molecule has 0 saturated heterocycles. The van der Waals surface area contributed by atoms with Gasteiger partial charge in [0, 0.05) is 6.54 Å². The van der Waals surface area contributed by atoms with E-state index in [9.17, 15) is 22.4 Å². The van der Waals surface area contributed by atoms with Crippen molar-refractivity contribution in [3.05, 3.63) is 21.6 Å². The van der Waals surface area contributed by atoms with E-state index in [4.69, 9.17) is 11.6 Å². The van der Waals surface area contributed by atoms with Crippen molar-refractivity contribution in [3.63, 3.8) is 0 Å². The number of nitrogens with one attached hydrogen (secondary N) is 1. The summed E-state index contributed by atoms with van der Waals surface area (Å²) >= 11 is 5.72. The highest BCUT2D eigenvalue weighted by atomic mass is 35.5.